The van der Waals surface area contributed by atoms with Crippen LogP contribution in [0.25, 0.3) is 0 Å². The average Bonchev–Trinajstić information content (AvgIpc) is 2.31. The number of nitrogens with two attached hydrogens (primary N) is 1. The van der Waals surface area contributed by atoms with Crippen molar-refractivity contribution in [2.24, 2.45) is 0 Å². The van der Waals surface area contributed by atoms with Crippen molar-refractivity contribution in [2.75, 3.05) is 5.73 Å². The molecule has 1 heterocycles. The van der Waals surface area contributed by atoms with Crippen LogP contribution in [0.3, 0.4) is 0 Å². The highest BCUT2D eigenvalue weighted by Gasteiger charge is 2.07. The number of pyridine rings is 1. The summed E-state index contributed by atoms with van der Waals surface area (Å²) in [5.41, 5.74) is 6.15. The van der Waals surface area contributed by atoms with Gasteiger partial charge >= 0.3 is 0 Å². The summed E-state index contributed by atoms with van der Waals surface area (Å²) in [6.45, 7) is 0.141. The quantitative estimate of drug-likeness (QED) is 0.913. The summed E-state index contributed by atoms with van der Waals surface area (Å²) in [4.78, 5) is 4.04. The number of hydrogen-bond acceptors (Lipinski definition) is 3. The molecule has 3 nitrogen and oxygen atoms in total. The van der Waals surface area contributed by atoms with Crippen molar-refractivity contribution in [3.8, 4) is 5.75 Å². The molecule has 0 atom stereocenters. The number of aromatic nitrogens is 1. The number of hydrogen-bond donors (Lipinski definition) is 1. The van der Waals surface area contributed by atoms with E-state index in [1.807, 2.05) is 0 Å². The maximum atomic E-state index is 13.5. The van der Waals surface area contributed by atoms with E-state index in [1.54, 1.807) is 24.3 Å². The van der Waals surface area contributed by atoms with Crippen molar-refractivity contribution in [1.29, 1.82) is 0 Å². The van der Waals surface area contributed by atoms with Crippen LogP contribution in [0.5, 0.6) is 5.75 Å². The maximum Gasteiger partial charge on any atom is 0.183 e. The van der Waals surface area contributed by atoms with Crippen molar-refractivity contribution in [1.82, 2.24) is 4.98 Å². The third kappa shape index (κ3) is 2.85. The summed E-state index contributed by atoms with van der Waals surface area (Å²) in [6.07, 6.45) is 0. The van der Waals surface area contributed by atoms with Gasteiger partial charge in [0, 0.05) is 0 Å². The number of nitrogen functional groups attached to an aromatic ring is 1. The van der Waals surface area contributed by atoms with Gasteiger partial charge < -0.3 is 10.5 Å². The first-order valence-electron chi connectivity index (χ1n) is 4.95. The summed E-state index contributed by atoms with van der Waals surface area (Å²) < 4.78 is 18.8. The van der Waals surface area contributed by atoms with Crippen molar-refractivity contribution in [3.05, 3.63) is 52.9 Å². The zero-order valence-corrected chi connectivity index (χ0v) is 9.62. The number of benzene rings is 1. The highest BCUT2D eigenvalue weighted by molar-refractivity contribution is 6.30. The van der Waals surface area contributed by atoms with Gasteiger partial charge in [-0.15, -0.1) is 0 Å². The molecule has 2 N–H and O–H groups in total. The molecule has 0 saturated carbocycles. The molecule has 0 bridgehead atoms. The molecule has 0 aliphatic carbocycles. The third-order valence-corrected chi connectivity index (χ3v) is 2.41. The summed E-state index contributed by atoms with van der Waals surface area (Å²) in [5, 5.41) is 0.0306. The summed E-state index contributed by atoms with van der Waals surface area (Å²) in [7, 11) is 0. The monoisotopic (exact) mass is 252 g/mol. The summed E-state index contributed by atoms with van der Waals surface area (Å²) >= 11 is 5.63. The Morgan fingerprint density at radius 2 is 2.00 bits per heavy atom. The molecule has 1 aromatic carbocycles. The molecule has 88 valence electrons. The summed E-state index contributed by atoms with van der Waals surface area (Å²) in [6, 6.07) is 9.77. The Kier molecular flexibility index (Phi) is 3.44. The fourth-order valence-electron chi connectivity index (χ4n) is 1.33. The summed E-state index contributed by atoms with van der Waals surface area (Å²) in [5.74, 6) is -0.0718. The lowest BCUT2D eigenvalue weighted by atomic mass is 10.3. The Labute approximate surface area is 103 Å². The Balaban J connectivity index is 2.10. The van der Waals surface area contributed by atoms with E-state index < -0.39 is 5.82 Å². The lowest BCUT2D eigenvalue weighted by molar-refractivity contribution is 0.286. The van der Waals surface area contributed by atoms with Crippen LogP contribution in [0.15, 0.2) is 36.4 Å². The van der Waals surface area contributed by atoms with E-state index in [0.29, 0.717) is 11.5 Å². The predicted molar refractivity (Wildman–Crippen MR) is 64.4 cm³/mol. The van der Waals surface area contributed by atoms with Crippen LogP contribution < -0.4 is 10.5 Å². The molecule has 0 aliphatic rings. The smallest absolute Gasteiger partial charge is 0.183 e. The largest absolute Gasteiger partial charge is 0.484 e. The first-order valence-corrected chi connectivity index (χ1v) is 5.33. The molecule has 0 fully saturated rings. The minimum absolute atomic E-state index is 0.0306. The standard InChI is InChI=1S/C12H10ClFN2O/c13-9-4-2-5-10(12(9)14)17-7-8-3-1-6-11(15)16-8/h1-6H,7H2,(H2,15,16). The molecular formula is C12H10ClFN2O. The van der Waals surface area contributed by atoms with Crippen molar-refractivity contribution < 1.29 is 9.13 Å². The van der Waals surface area contributed by atoms with E-state index >= 15 is 0 Å². The fourth-order valence-corrected chi connectivity index (χ4v) is 1.49. The minimum atomic E-state index is -0.571. The predicted octanol–water partition coefficient (Wildman–Crippen LogP) is 3.04. The van der Waals surface area contributed by atoms with Gasteiger partial charge in [-0.3, -0.25) is 0 Å². The zero-order chi connectivity index (χ0) is 12.3. The van der Waals surface area contributed by atoms with Gasteiger partial charge in [-0.25, -0.2) is 9.37 Å². The molecule has 0 radical (unpaired) electrons. The van der Waals surface area contributed by atoms with Gasteiger partial charge in [-0.2, -0.15) is 0 Å². The Morgan fingerprint density at radius 1 is 1.24 bits per heavy atom. The molecule has 0 unspecified atom stereocenters. The van der Waals surface area contributed by atoms with Gasteiger partial charge in [0.15, 0.2) is 11.6 Å². The van der Waals surface area contributed by atoms with Gasteiger partial charge in [0.2, 0.25) is 0 Å². The first-order chi connectivity index (χ1) is 8.16. The Morgan fingerprint density at radius 3 is 2.76 bits per heavy atom. The van der Waals surface area contributed by atoms with Gasteiger partial charge in [0.25, 0.3) is 0 Å². The Hall–Kier alpha value is -1.81. The maximum absolute atomic E-state index is 13.5. The Bertz CT molecular complexity index is 534. The second-order valence-corrected chi connectivity index (χ2v) is 3.80. The normalized spacial score (nSPS) is 10.2. The molecule has 2 aromatic rings. The molecule has 0 spiro atoms. The van der Waals surface area contributed by atoms with E-state index in [2.05, 4.69) is 4.98 Å². The van der Waals surface area contributed by atoms with Crippen LogP contribution in [-0.2, 0) is 6.61 Å². The van der Waals surface area contributed by atoms with Crippen molar-refractivity contribution >= 4 is 17.4 Å². The zero-order valence-electron chi connectivity index (χ0n) is 8.86. The van der Waals surface area contributed by atoms with E-state index in [1.165, 1.54) is 12.1 Å². The van der Waals surface area contributed by atoms with Crippen LogP contribution >= 0.6 is 11.6 Å². The third-order valence-electron chi connectivity index (χ3n) is 2.12. The molecule has 2 rings (SSSR count). The number of halogens is 2. The molecule has 0 aliphatic heterocycles. The van der Waals surface area contributed by atoms with E-state index in [9.17, 15) is 4.39 Å². The molecule has 0 saturated heterocycles. The number of rotatable bonds is 3. The molecule has 1 aromatic heterocycles. The minimum Gasteiger partial charge on any atom is -0.484 e. The topological polar surface area (TPSA) is 48.1 Å². The van der Waals surface area contributed by atoms with Gasteiger partial charge in [0.1, 0.15) is 12.4 Å². The van der Waals surface area contributed by atoms with Crippen LogP contribution in [-0.4, -0.2) is 4.98 Å². The van der Waals surface area contributed by atoms with Crippen LogP contribution in [0.2, 0.25) is 5.02 Å². The number of anilines is 1. The second kappa shape index (κ2) is 5.01. The molecule has 17 heavy (non-hydrogen) atoms. The lowest BCUT2D eigenvalue weighted by Crippen LogP contribution is -2.01. The highest BCUT2D eigenvalue weighted by atomic mass is 35.5. The van der Waals surface area contributed by atoms with Crippen LogP contribution in [0.4, 0.5) is 10.2 Å². The molecule has 5 heteroatoms. The van der Waals surface area contributed by atoms with Gasteiger partial charge in [-0.05, 0) is 24.3 Å². The molecular weight excluding hydrogens is 243 g/mol. The fraction of sp³-hybridized carbons (Fsp3) is 0.0833. The molecule has 0 amide bonds. The number of nitrogens with zero attached hydrogens (tertiary/aromatic N) is 1. The van der Waals surface area contributed by atoms with Gasteiger partial charge in [0.05, 0.1) is 10.7 Å². The van der Waals surface area contributed by atoms with E-state index in [-0.39, 0.29) is 17.4 Å². The van der Waals surface area contributed by atoms with Crippen molar-refractivity contribution in [3.63, 3.8) is 0 Å². The second-order valence-electron chi connectivity index (χ2n) is 3.39. The van der Waals surface area contributed by atoms with E-state index in [0.717, 1.165) is 0 Å². The van der Waals surface area contributed by atoms with Gasteiger partial charge in [-0.1, -0.05) is 23.7 Å². The highest BCUT2D eigenvalue weighted by Crippen LogP contribution is 2.24. The number of ether oxygens (including phenoxy) is 1. The lowest BCUT2D eigenvalue weighted by Gasteiger charge is -2.07. The average molecular weight is 253 g/mol. The van der Waals surface area contributed by atoms with E-state index in [4.69, 9.17) is 22.1 Å². The van der Waals surface area contributed by atoms with Crippen LogP contribution in [0, 0.1) is 5.82 Å². The SMILES string of the molecule is Nc1cccc(COc2cccc(Cl)c2F)n1. The van der Waals surface area contributed by atoms with Crippen molar-refractivity contribution in [2.45, 2.75) is 6.61 Å². The van der Waals surface area contributed by atoms with Crippen LogP contribution in [0.1, 0.15) is 5.69 Å². The first kappa shape index (κ1) is 11.7.